The maximum atomic E-state index is 13.4. The summed E-state index contributed by atoms with van der Waals surface area (Å²) in [5.41, 5.74) is 8.12. The number of nitrogens with two attached hydrogens (primary N) is 1. The Morgan fingerprint density at radius 1 is 1.16 bits per heavy atom. The van der Waals surface area contributed by atoms with E-state index in [4.69, 9.17) is 5.73 Å². The van der Waals surface area contributed by atoms with Crippen molar-refractivity contribution in [2.75, 3.05) is 10.6 Å². The monoisotopic (exact) mass is 340 g/mol. The van der Waals surface area contributed by atoms with Gasteiger partial charge in [-0.05, 0) is 43.9 Å². The van der Waals surface area contributed by atoms with Crippen molar-refractivity contribution in [1.29, 1.82) is 0 Å². The molecule has 1 saturated carbocycles. The van der Waals surface area contributed by atoms with Gasteiger partial charge in [-0.2, -0.15) is 0 Å². The summed E-state index contributed by atoms with van der Waals surface area (Å²) < 4.78 is 15.2. The molecule has 0 spiro atoms. The molecule has 1 aliphatic rings. The summed E-state index contributed by atoms with van der Waals surface area (Å²) in [4.78, 5) is 4.34. The Hall–Kier alpha value is -2.67. The molecule has 1 fully saturated rings. The summed E-state index contributed by atoms with van der Waals surface area (Å²) >= 11 is 0. The number of nitrogens with zero attached hydrogens (tertiary/aromatic N) is 3. The third-order valence-corrected chi connectivity index (χ3v) is 4.59. The molecule has 0 aliphatic heterocycles. The fraction of sp³-hybridized carbons (Fsp3) is 0.333. The Morgan fingerprint density at radius 2 is 2.00 bits per heavy atom. The second kappa shape index (κ2) is 6.68. The van der Waals surface area contributed by atoms with Gasteiger partial charge in [0.2, 0.25) is 0 Å². The number of benzene rings is 1. The summed E-state index contributed by atoms with van der Waals surface area (Å²) in [6.07, 6.45) is 7.63. The average Bonchev–Trinajstić information content (AvgIpc) is 3.06. The van der Waals surface area contributed by atoms with E-state index in [1.807, 2.05) is 12.1 Å². The quantitative estimate of drug-likeness (QED) is 0.679. The Morgan fingerprint density at radius 3 is 2.80 bits per heavy atom. The molecule has 7 heteroatoms. The van der Waals surface area contributed by atoms with Gasteiger partial charge in [-0.15, -0.1) is 5.10 Å². The second-order valence-electron chi connectivity index (χ2n) is 6.53. The number of fused-ring (bicyclic) bond motifs is 1. The Bertz CT molecular complexity index is 869. The van der Waals surface area contributed by atoms with Crippen molar-refractivity contribution in [3.63, 3.8) is 0 Å². The van der Waals surface area contributed by atoms with Crippen LogP contribution in [0.15, 0.2) is 42.7 Å². The predicted molar refractivity (Wildman–Crippen MR) is 96.5 cm³/mol. The molecule has 0 atom stereocenters. The highest BCUT2D eigenvalue weighted by Gasteiger charge is 2.19. The first-order chi connectivity index (χ1) is 12.2. The maximum Gasteiger partial charge on any atom is 0.177 e. The minimum atomic E-state index is -0.282. The van der Waals surface area contributed by atoms with Gasteiger partial charge >= 0.3 is 0 Å². The molecule has 2 aromatic heterocycles. The van der Waals surface area contributed by atoms with Crippen molar-refractivity contribution >= 4 is 22.8 Å². The van der Waals surface area contributed by atoms with Gasteiger partial charge in [0, 0.05) is 36.2 Å². The van der Waals surface area contributed by atoms with E-state index in [0.29, 0.717) is 23.4 Å². The van der Waals surface area contributed by atoms with Crippen LogP contribution >= 0.6 is 0 Å². The van der Waals surface area contributed by atoms with E-state index in [0.717, 1.165) is 37.2 Å². The lowest BCUT2D eigenvalue weighted by Gasteiger charge is -2.27. The smallest absolute Gasteiger partial charge is 0.177 e. The number of rotatable bonds is 4. The maximum absolute atomic E-state index is 13.4. The third kappa shape index (κ3) is 3.56. The molecule has 130 valence electrons. The van der Waals surface area contributed by atoms with Gasteiger partial charge < -0.3 is 16.4 Å². The molecule has 4 rings (SSSR count). The van der Waals surface area contributed by atoms with Crippen LogP contribution in [0.1, 0.15) is 25.7 Å². The molecule has 0 unspecified atom stereocenters. The van der Waals surface area contributed by atoms with Crippen LogP contribution in [0.4, 0.5) is 21.6 Å². The molecule has 1 aliphatic carbocycles. The van der Waals surface area contributed by atoms with Crippen LogP contribution in [-0.2, 0) is 0 Å². The van der Waals surface area contributed by atoms with Crippen molar-refractivity contribution in [1.82, 2.24) is 14.6 Å². The zero-order valence-electron chi connectivity index (χ0n) is 13.8. The normalized spacial score (nSPS) is 20.6. The number of nitrogens with one attached hydrogen (secondary N) is 2. The first-order valence-electron chi connectivity index (χ1n) is 8.56. The predicted octanol–water partition coefficient (Wildman–Crippen LogP) is 3.29. The average molecular weight is 340 g/mol. The van der Waals surface area contributed by atoms with Crippen molar-refractivity contribution < 1.29 is 4.39 Å². The molecule has 3 aromatic rings. The molecule has 0 amide bonds. The van der Waals surface area contributed by atoms with E-state index in [1.54, 1.807) is 23.0 Å². The second-order valence-corrected chi connectivity index (χ2v) is 6.53. The van der Waals surface area contributed by atoms with Crippen molar-refractivity contribution in [2.45, 2.75) is 37.8 Å². The van der Waals surface area contributed by atoms with Gasteiger partial charge in [0.05, 0.1) is 5.69 Å². The first-order valence-corrected chi connectivity index (χ1v) is 8.56. The highest BCUT2D eigenvalue weighted by Crippen LogP contribution is 2.26. The zero-order valence-corrected chi connectivity index (χ0v) is 13.8. The topological polar surface area (TPSA) is 80.3 Å². The molecule has 25 heavy (non-hydrogen) atoms. The molecule has 0 saturated heterocycles. The Kier molecular flexibility index (Phi) is 4.23. The summed E-state index contributed by atoms with van der Waals surface area (Å²) in [5, 5.41) is 11.3. The van der Waals surface area contributed by atoms with Gasteiger partial charge in [-0.1, -0.05) is 6.07 Å². The number of hydrogen-bond donors (Lipinski definition) is 3. The molecule has 2 heterocycles. The lowest BCUT2D eigenvalue weighted by atomic mass is 9.92. The Labute approximate surface area is 145 Å². The van der Waals surface area contributed by atoms with E-state index in [-0.39, 0.29) is 5.82 Å². The van der Waals surface area contributed by atoms with E-state index in [2.05, 4.69) is 20.7 Å². The van der Waals surface area contributed by atoms with Gasteiger partial charge in [-0.3, -0.25) is 0 Å². The number of imidazole rings is 1. The molecular weight excluding hydrogens is 319 g/mol. The van der Waals surface area contributed by atoms with Crippen LogP contribution in [0.2, 0.25) is 0 Å². The summed E-state index contributed by atoms with van der Waals surface area (Å²) in [6.45, 7) is 0. The minimum absolute atomic E-state index is 0.282. The lowest BCUT2D eigenvalue weighted by Crippen LogP contribution is -2.33. The van der Waals surface area contributed by atoms with Gasteiger partial charge in [0.25, 0.3) is 0 Å². The molecule has 4 N–H and O–H groups in total. The van der Waals surface area contributed by atoms with Crippen LogP contribution in [0.3, 0.4) is 0 Å². The summed E-state index contributed by atoms with van der Waals surface area (Å²) in [7, 11) is 0. The number of hydrogen-bond acceptors (Lipinski definition) is 5. The molecule has 6 nitrogen and oxygen atoms in total. The molecule has 0 bridgehead atoms. The van der Waals surface area contributed by atoms with Crippen LogP contribution in [0.5, 0.6) is 0 Å². The Balaban J connectivity index is 1.60. The SMILES string of the molecule is NC1CCC(Nc2cc(Nc3cccc(F)c3)c3nccn3n2)CC1. The number of aromatic nitrogens is 3. The van der Waals surface area contributed by atoms with E-state index in [9.17, 15) is 4.39 Å². The van der Waals surface area contributed by atoms with Gasteiger partial charge in [0.1, 0.15) is 11.6 Å². The standard InChI is InChI=1S/C18H21FN6/c19-12-2-1-3-15(10-12)22-16-11-17(24-25-9-8-21-18(16)25)23-14-6-4-13(20)5-7-14/h1-3,8-11,13-14,22H,4-7,20H2,(H,23,24). The van der Waals surface area contributed by atoms with E-state index < -0.39 is 0 Å². The van der Waals surface area contributed by atoms with Crippen molar-refractivity contribution in [2.24, 2.45) is 5.73 Å². The zero-order chi connectivity index (χ0) is 17.2. The van der Waals surface area contributed by atoms with Crippen LogP contribution in [0, 0.1) is 5.82 Å². The van der Waals surface area contributed by atoms with E-state index >= 15 is 0 Å². The van der Waals surface area contributed by atoms with Gasteiger partial charge in [0.15, 0.2) is 5.65 Å². The lowest BCUT2D eigenvalue weighted by molar-refractivity contribution is 0.410. The van der Waals surface area contributed by atoms with E-state index in [1.165, 1.54) is 12.1 Å². The van der Waals surface area contributed by atoms with Crippen LogP contribution in [0.25, 0.3) is 5.65 Å². The largest absolute Gasteiger partial charge is 0.366 e. The van der Waals surface area contributed by atoms with Gasteiger partial charge in [-0.25, -0.2) is 13.9 Å². The summed E-state index contributed by atoms with van der Waals surface area (Å²) in [6, 6.07) is 8.97. The van der Waals surface area contributed by atoms with Crippen LogP contribution < -0.4 is 16.4 Å². The fourth-order valence-corrected chi connectivity index (χ4v) is 3.27. The first kappa shape index (κ1) is 15.8. The molecule has 0 radical (unpaired) electrons. The molecular formula is C18H21FN6. The molecule has 1 aromatic carbocycles. The minimum Gasteiger partial charge on any atom is -0.366 e. The summed E-state index contributed by atoms with van der Waals surface area (Å²) in [5.74, 6) is 0.486. The van der Waals surface area contributed by atoms with Crippen LogP contribution in [-0.4, -0.2) is 26.7 Å². The van der Waals surface area contributed by atoms with Crippen molar-refractivity contribution in [3.05, 3.63) is 48.5 Å². The number of anilines is 3. The van der Waals surface area contributed by atoms with Crippen molar-refractivity contribution in [3.8, 4) is 0 Å². The highest BCUT2D eigenvalue weighted by atomic mass is 19.1. The highest BCUT2D eigenvalue weighted by molar-refractivity contribution is 5.75. The third-order valence-electron chi connectivity index (χ3n) is 4.59. The fourth-order valence-electron chi connectivity index (χ4n) is 3.27. The number of halogens is 1.